The van der Waals surface area contributed by atoms with E-state index in [0.717, 1.165) is 15.2 Å². The Kier molecular flexibility index (Phi) is 2.14. The van der Waals surface area contributed by atoms with Crippen LogP contribution in [0, 0.1) is 0 Å². The zero-order chi connectivity index (χ0) is 9.26. The highest BCUT2D eigenvalue weighted by molar-refractivity contribution is 9.10. The van der Waals surface area contributed by atoms with Gasteiger partial charge in [0.2, 0.25) is 5.88 Å². The van der Waals surface area contributed by atoms with Crippen molar-refractivity contribution in [2.24, 2.45) is 0 Å². The van der Waals surface area contributed by atoms with Gasteiger partial charge in [0.25, 0.3) is 0 Å². The third kappa shape index (κ3) is 1.49. The molecule has 0 saturated carbocycles. The Labute approximate surface area is 83.9 Å². The molecular formula is C9H7BrN2O. The molecule has 0 unspecified atom stereocenters. The van der Waals surface area contributed by atoms with E-state index in [1.807, 2.05) is 6.07 Å². The van der Waals surface area contributed by atoms with E-state index in [-0.39, 0.29) is 0 Å². The second-order valence-electron chi connectivity index (χ2n) is 2.57. The van der Waals surface area contributed by atoms with Crippen LogP contribution in [-0.4, -0.2) is 17.1 Å². The molecule has 13 heavy (non-hydrogen) atoms. The van der Waals surface area contributed by atoms with Crippen LogP contribution in [0.25, 0.3) is 10.8 Å². The Balaban J connectivity index is 2.74. The summed E-state index contributed by atoms with van der Waals surface area (Å²) in [5.41, 5.74) is 0. The quantitative estimate of drug-likeness (QED) is 0.766. The lowest BCUT2D eigenvalue weighted by molar-refractivity contribution is 0.398. The fourth-order valence-electron chi connectivity index (χ4n) is 1.12. The number of nitrogens with zero attached hydrogens (tertiary/aromatic N) is 2. The van der Waals surface area contributed by atoms with Gasteiger partial charge in [-0.05, 0) is 15.9 Å². The summed E-state index contributed by atoms with van der Waals surface area (Å²) < 4.78 is 5.97. The smallest absolute Gasteiger partial charge is 0.213 e. The van der Waals surface area contributed by atoms with E-state index in [1.54, 1.807) is 25.7 Å². The third-order valence-electron chi connectivity index (χ3n) is 1.78. The van der Waals surface area contributed by atoms with Crippen LogP contribution in [0.4, 0.5) is 0 Å². The second kappa shape index (κ2) is 3.30. The molecule has 66 valence electrons. The first kappa shape index (κ1) is 8.44. The first-order valence-electron chi connectivity index (χ1n) is 3.74. The highest BCUT2D eigenvalue weighted by Crippen LogP contribution is 2.24. The van der Waals surface area contributed by atoms with Crippen LogP contribution >= 0.6 is 15.9 Å². The molecule has 2 rings (SSSR count). The van der Waals surface area contributed by atoms with Crippen LogP contribution in [0.1, 0.15) is 0 Å². The summed E-state index contributed by atoms with van der Waals surface area (Å²) in [5, 5.41) is 2.05. The molecule has 2 aromatic heterocycles. The average molecular weight is 239 g/mol. The number of halogens is 1. The van der Waals surface area contributed by atoms with Crippen LogP contribution in [0.2, 0.25) is 0 Å². The number of rotatable bonds is 1. The molecule has 0 saturated heterocycles. The number of methoxy groups -OCH3 is 1. The Morgan fingerprint density at radius 2 is 2.15 bits per heavy atom. The van der Waals surface area contributed by atoms with Crippen molar-refractivity contribution in [1.82, 2.24) is 9.97 Å². The molecule has 2 aromatic rings. The standard InChI is InChI=1S/C9H7BrN2O/c1-13-9-2-7-6(4-12-9)3-11-5-8(7)10/h2-5H,1H3. The largest absolute Gasteiger partial charge is 0.481 e. The van der Waals surface area contributed by atoms with Gasteiger partial charge in [0.1, 0.15) is 0 Å². The molecule has 0 N–H and O–H groups in total. The maximum atomic E-state index is 5.02. The molecule has 0 fully saturated rings. The fourth-order valence-corrected chi connectivity index (χ4v) is 1.58. The molecule has 0 aromatic carbocycles. The molecule has 2 heterocycles. The first-order valence-corrected chi connectivity index (χ1v) is 4.54. The van der Waals surface area contributed by atoms with Gasteiger partial charge in [-0.2, -0.15) is 0 Å². The van der Waals surface area contributed by atoms with E-state index in [2.05, 4.69) is 25.9 Å². The van der Waals surface area contributed by atoms with Crippen molar-refractivity contribution < 1.29 is 4.74 Å². The summed E-state index contributed by atoms with van der Waals surface area (Å²) in [6, 6.07) is 1.88. The molecule has 3 nitrogen and oxygen atoms in total. The average Bonchev–Trinajstić information content (AvgIpc) is 2.18. The first-order chi connectivity index (χ1) is 6.31. The van der Waals surface area contributed by atoms with Crippen LogP contribution in [0.15, 0.2) is 29.1 Å². The predicted molar refractivity (Wildman–Crippen MR) is 53.8 cm³/mol. The molecule has 0 aliphatic carbocycles. The van der Waals surface area contributed by atoms with Crippen molar-refractivity contribution >= 4 is 26.7 Å². The third-order valence-corrected chi connectivity index (χ3v) is 2.41. The van der Waals surface area contributed by atoms with E-state index < -0.39 is 0 Å². The van der Waals surface area contributed by atoms with Crippen molar-refractivity contribution in [3.05, 3.63) is 29.1 Å². The SMILES string of the molecule is COc1cc2c(Br)cncc2cn1. The maximum absolute atomic E-state index is 5.02. The summed E-state index contributed by atoms with van der Waals surface area (Å²) >= 11 is 3.41. The Morgan fingerprint density at radius 1 is 1.31 bits per heavy atom. The van der Waals surface area contributed by atoms with Gasteiger partial charge in [-0.3, -0.25) is 4.98 Å². The van der Waals surface area contributed by atoms with Crippen molar-refractivity contribution in [2.75, 3.05) is 7.11 Å². The van der Waals surface area contributed by atoms with E-state index >= 15 is 0 Å². The lowest BCUT2D eigenvalue weighted by Crippen LogP contribution is -1.87. The molecule has 0 amide bonds. The predicted octanol–water partition coefficient (Wildman–Crippen LogP) is 2.40. The van der Waals surface area contributed by atoms with Crippen molar-refractivity contribution in [1.29, 1.82) is 0 Å². The normalized spacial score (nSPS) is 10.3. The minimum Gasteiger partial charge on any atom is -0.481 e. The maximum Gasteiger partial charge on any atom is 0.213 e. The molecule has 0 spiro atoms. The van der Waals surface area contributed by atoms with Gasteiger partial charge in [-0.15, -0.1) is 0 Å². The number of fused-ring (bicyclic) bond motifs is 1. The summed E-state index contributed by atoms with van der Waals surface area (Å²) in [4.78, 5) is 8.12. The second-order valence-corrected chi connectivity index (χ2v) is 3.42. The topological polar surface area (TPSA) is 35.0 Å². The molecular weight excluding hydrogens is 232 g/mol. The number of hydrogen-bond acceptors (Lipinski definition) is 3. The zero-order valence-corrected chi connectivity index (χ0v) is 8.58. The van der Waals surface area contributed by atoms with Gasteiger partial charge in [-0.1, -0.05) is 0 Å². The minimum absolute atomic E-state index is 0.611. The Bertz CT molecular complexity index is 445. The highest BCUT2D eigenvalue weighted by Gasteiger charge is 2.00. The van der Waals surface area contributed by atoms with Crippen molar-refractivity contribution in [3.63, 3.8) is 0 Å². The van der Waals surface area contributed by atoms with Crippen molar-refractivity contribution in [3.8, 4) is 5.88 Å². The van der Waals surface area contributed by atoms with Crippen LogP contribution in [-0.2, 0) is 0 Å². The summed E-state index contributed by atoms with van der Waals surface area (Å²) in [6.07, 6.45) is 5.26. The van der Waals surface area contributed by atoms with E-state index in [4.69, 9.17) is 4.74 Å². The molecule has 0 radical (unpaired) electrons. The monoisotopic (exact) mass is 238 g/mol. The zero-order valence-electron chi connectivity index (χ0n) is 6.99. The number of pyridine rings is 2. The molecule has 0 bridgehead atoms. The van der Waals surface area contributed by atoms with Crippen LogP contribution in [0.5, 0.6) is 5.88 Å². The van der Waals surface area contributed by atoms with E-state index in [0.29, 0.717) is 5.88 Å². The van der Waals surface area contributed by atoms with Gasteiger partial charge in [0.05, 0.1) is 7.11 Å². The van der Waals surface area contributed by atoms with Gasteiger partial charge >= 0.3 is 0 Å². The van der Waals surface area contributed by atoms with Crippen LogP contribution < -0.4 is 4.74 Å². The fraction of sp³-hybridized carbons (Fsp3) is 0.111. The van der Waals surface area contributed by atoms with Gasteiger partial charge in [0.15, 0.2) is 0 Å². The molecule has 0 aliphatic heterocycles. The van der Waals surface area contributed by atoms with Gasteiger partial charge in [-0.25, -0.2) is 4.98 Å². The number of ether oxygens (including phenoxy) is 1. The molecule has 0 aliphatic rings. The molecule has 4 heteroatoms. The summed E-state index contributed by atoms with van der Waals surface area (Å²) in [6.45, 7) is 0. The molecule has 0 atom stereocenters. The van der Waals surface area contributed by atoms with Crippen LogP contribution in [0.3, 0.4) is 0 Å². The number of aromatic nitrogens is 2. The summed E-state index contributed by atoms with van der Waals surface area (Å²) in [7, 11) is 1.60. The Morgan fingerprint density at radius 3 is 2.92 bits per heavy atom. The van der Waals surface area contributed by atoms with Gasteiger partial charge in [0, 0.05) is 39.9 Å². The van der Waals surface area contributed by atoms with Crippen molar-refractivity contribution in [2.45, 2.75) is 0 Å². The number of hydrogen-bond donors (Lipinski definition) is 0. The minimum atomic E-state index is 0.611. The lowest BCUT2D eigenvalue weighted by Gasteiger charge is -2.01. The van der Waals surface area contributed by atoms with E-state index in [1.165, 1.54) is 0 Å². The van der Waals surface area contributed by atoms with E-state index in [9.17, 15) is 0 Å². The Hall–Kier alpha value is -1.16. The summed E-state index contributed by atoms with van der Waals surface area (Å²) in [5.74, 6) is 0.611. The lowest BCUT2D eigenvalue weighted by atomic mass is 10.2. The van der Waals surface area contributed by atoms with Gasteiger partial charge < -0.3 is 4.74 Å². The highest BCUT2D eigenvalue weighted by atomic mass is 79.9.